The van der Waals surface area contributed by atoms with E-state index in [1.165, 1.54) is 6.92 Å². The smallest absolute Gasteiger partial charge is 0.225 e. The third-order valence-corrected chi connectivity index (χ3v) is 5.39. The standard InChI is InChI=1S/C22H25ClN2O3/c1-15(26)25-21-12-16(14-28-18-8-3-2-4-9-18)11-19(21)22(27)24-13-17-7-5-6-10-20(17)23/h2-10,16,19,21H,11-14H2,1H3,(H,24,27)(H,25,26)/t16-,19-,21-/m1/s1. The van der Waals surface area contributed by atoms with Crippen LogP contribution in [0.15, 0.2) is 54.6 Å². The van der Waals surface area contributed by atoms with Crippen molar-refractivity contribution in [2.75, 3.05) is 6.61 Å². The minimum absolute atomic E-state index is 0.0686. The number of carbonyl (C=O) groups excluding carboxylic acids is 2. The van der Waals surface area contributed by atoms with E-state index >= 15 is 0 Å². The zero-order valence-corrected chi connectivity index (χ0v) is 16.6. The maximum Gasteiger partial charge on any atom is 0.225 e. The van der Waals surface area contributed by atoms with Gasteiger partial charge in [0.1, 0.15) is 5.75 Å². The predicted molar refractivity (Wildman–Crippen MR) is 109 cm³/mol. The molecule has 1 saturated carbocycles. The largest absolute Gasteiger partial charge is 0.493 e. The van der Waals surface area contributed by atoms with Gasteiger partial charge in [-0.2, -0.15) is 0 Å². The summed E-state index contributed by atoms with van der Waals surface area (Å²) in [7, 11) is 0. The van der Waals surface area contributed by atoms with Gasteiger partial charge in [-0.3, -0.25) is 9.59 Å². The van der Waals surface area contributed by atoms with Crippen molar-refractivity contribution in [1.29, 1.82) is 0 Å². The summed E-state index contributed by atoms with van der Waals surface area (Å²) in [6, 6.07) is 16.9. The fourth-order valence-electron chi connectivity index (χ4n) is 3.68. The molecule has 2 N–H and O–H groups in total. The second-order valence-electron chi connectivity index (χ2n) is 7.18. The van der Waals surface area contributed by atoms with Gasteiger partial charge in [0.2, 0.25) is 11.8 Å². The Morgan fingerprint density at radius 2 is 1.79 bits per heavy atom. The molecule has 148 valence electrons. The molecule has 0 radical (unpaired) electrons. The molecule has 3 atom stereocenters. The zero-order valence-electron chi connectivity index (χ0n) is 15.9. The Hall–Kier alpha value is -2.53. The molecule has 2 aromatic carbocycles. The Morgan fingerprint density at radius 1 is 1.07 bits per heavy atom. The van der Waals surface area contributed by atoms with Gasteiger partial charge in [-0.1, -0.05) is 48.0 Å². The van der Waals surface area contributed by atoms with Crippen LogP contribution in [0.4, 0.5) is 0 Å². The predicted octanol–water partition coefficient (Wildman–Crippen LogP) is 3.57. The fourth-order valence-corrected chi connectivity index (χ4v) is 3.88. The van der Waals surface area contributed by atoms with Crippen LogP contribution in [0.3, 0.4) is 0 Å². The van der Waals surface area contributed by atoms with Crippen molar-refractivity contribution in [3.8, 4) is 5.75 Å². The molecule has 0 aliphatic heterocycles. The molecule has 2 aromatic rings. The highest BCUT2D eigenvalue weighted by Crippen LogP contribution is 2.32. The molecular weight excluding hydrogens is 376 g/mol. The SMILES string of the molecule is CC(=O)N[C@@H]1C[C@H](COc2ccccc2)C[C@H]1C(=O)NCc1ccccc1Cl. The van der Waals surface area contributed by atoms with Gasteiger partial charge in [0, 0.05) is 24.5 Å². The van der Waals surface area contributed by atoms with Gasteiger partial charge in [-0.15, -0.1) is 0 Å². The minimum Gasteiger partial charge on any atom is -0.493 e. The lowest BCUT2D eigenvalue weighted by molar-refractivity contribution is -0.126. The van der Waals surface area contributed by atoms with Gasteiger partial charge in [0.15, 0.2) is 0 Å². The lowest BCUT2D eigenvalue weighted by Gasteiger charge is -2.19. The Morgan fingerprint density at radius 3 is 2.50 bits per heavy atom. The van der Waals surface area contributed by atoms with Crippen LogP contribution < -0.4 is 15.4 Å². The summed E-state index contributed by atoms with van der Waals surface area (Å²) >= 11 is 6.16. The number of amides is 2. The second kappa shape index (κ2) is 9.60. The normalized spacial score (nSPS) is 21.1. The quantitative estimate of drug-likeness (QED) is 0.746. The minimum atomic E-state index is -0.282. The zero-order chi connectivity index (χ0) is 19.9. The summed E-state index contributed by atoms with van der Waals surface area (Å²) in [6.07, 6.45) is 1.39. The fraction of sp³-hybridized carbons (Fsp3) is 0.364. The van der Waals surface area contributed by atoms with Gasteiger partial charge < -0.3 is 15.4 Å². The van der Waals surface area contributed by atoms with Crippen LogP contribution in [-0.4, -0.2) is 24.5 Å². The Kier molecular flexibility index (Phi) is 6.93. The third-order valence-electron chi connectivity index (χ3n) is 5.03. The molecular formula is C22H25ClN2O3. The van der Waals surface area contributed by atoms with E-state index in [0.717, 1.165) is 17.7 Å². The van der Waals surface area contributed by atoms with Crippen molar-refractivity contribution < 1.29 is 14.3 Å². The average molecular weight is 401 g/mol. The molecule has 1 fully saturated rings. The molecule has 0 spiro atoms. The van der Waals surface area contributed by atoms with Gasteiger partial charge in [0.25, 0.3) is 0 Å². The van der Waals surface area contributed by atoms with Crippen LogP contribution in [0.1, 0.15) is 25.3 Å². The maximum atomic E-state index is 12.8. The number of carbonyl (C=O) groups is 2. The van der Waals surface area contributed by atoms with Crippen molar-refractivity contribution in [3.63, 3.8) is 0 Å². The van der Waals surface area contributed by atoms with Crippen LogP contribution in [0.5, 0.6) is 5.75 Å². The number of halogens is 1. The molecule has 1 aliphatic carbocycles. The average Bonchev–Trinajstić information content (AvgIpc) is 3.08. The lowest BCUT2D eigenvalue weighted by atomic mass is 10.0. The van der Waals surface area contributed by atoms with Gasteiger partial charge >= 0.3 is 0 Å². The third kappa shape index (κ3) is 5.49. The summed E-state index contributed by atoms with van der Waals surface area (Å²) in [5.74, 6) is 0.536. The molecule has 2 amide bonds. The molecule has 0 heterocycles. The number of ether oxygens (including phenoxy) is 1. The molecule has 0 bridgehead atoms. The van der Waals surface area contributed by atoms with Crippen LogP contribution in [0.25, 0.3) is 0 Å². The van der Waals surface area contributed by atoms with Crippen molar-refractivity contribution in [2.24, 2.45) is 11.8 Å². The molecule has 6 heteroatoms. The Bertz CT molecular complexity index is 812. The van der Waals surface area contributed by atoms with E-state index in [1.807, 2.05) is 48.5 Å². The highest BCUT2D eigenvalue weighted by Gasteiger charge is 2.39. The van der Waals surface area contributed by atoms with Gasteiger partial charge in [-0.25, -0.2) is 0 Å². The van der Waals surface area contributed by atoms with E-state index in [2.05, 4.69) is 10.6 Å². The van der Waals surface area contributed by atoms with Crippen LogP contribution in [-0.2, 0) is 16.1 Å². The summed E-state index contributed by atoms with van der Waals surface area (Å²) < 4.78 is 5.85. The second-order valence-corrected chi connectivity index (χ2v) is 7.59. The first-order valence-electron chi connectivity index (χ1n) is 9.49. The van der Waals surface area contributed by atoms with E-state index in [9.17, 15) is 9.59 Å². The Balaban J connectivity index is 1.59. The number of hydrogen-bond donors (Lipinski definition) is 2. The maximum absolute atomic E-state index is 12.8. The van der Waals surface area contributed by atoms with Gasteiger partial charge in [-0.05, 0) is 42.5 Å². The molecule has 28 heavy (non-hydrogen) atoms. The van der Waals surface area contributed by atoms with E-state index in [1.54, 1.807) is 6.07 Å². The van der Waals surface area contributed by atoms with E-state index in [-0.39, 0.29) is 29.7 Å². The van der Waals surface area contributed by atoms with Crippen molar-refractivity contribution in [3.05, 3.63) is 65.2 Å². The first-order chi connectivity index (χ1) is 13.5. The van der Waals surface area contributed by atoms with Crippen LogP contribution in [0.2, 0.25) is 5.02 Å². The number of para-hydroxylation sites is 1. The van der Waals surface area contributed by atoms with E-state index in [0.29, 0.717) is 24.6 Å². The monoisotopic (exact) mass is 400 g/mol. The summed E-state index contributed by atoms with van der Waals surface area (Å²) in [5, 5.41) is 6.52. The molecule has 0 saturated heterocycles. The number of benzene rings is 2. The molecule has 1 aliphatic rings. The van der Waals surface area contributed by atoms with E-state index < -0.39 is 0 Å². The van der Waals surface area contributed by atoms with Crippen LogP contribution >= 0.6 is 11.6 Å². The van der Waals surface area contributed by atoms with E-state index in [4.69, 9.17) is 16.3 Å². The molecule has 0 aromatic heterocycles. The van der Waals surface area contributed by atoms with Crippen molar-refractivity contribution in [2.45, 2.75) is 32.4 Å². The lowest BCUT2D eigenvalue weighted by Crippen LogP contribution is -2.43. The summed E-state index contributed by atoms with van der Waals surface area (Å²) in [4.78, 5) is 24.4. The van der Waals surface area contributed by atoms with Gasteiger partial charge in [0.05, 0.1) is 12.5 Å². The highest BCUT2D eigenvalue weighted by molar-refractivity contribution is 6.31. The number of nitrogens with one attached hydrogen (secondary N) is 2. The first-order valence-corrected chi connectivity index (χ1v) is 9.87. The molecule has 3 rings (SSSR count). The number of hydrogen-bond acceptors (Lipinski definition) is 3. The summed E-state index contributed by atoms with van der Waals surface area (Å²) in [6.45, 7) is 2.37. The highest BCUT2D eigenvalue weighted by atomic mass is 35.5. The molecule has 5 nitrogen and oxygen atoms in total. The molecule has 0 unspecified atom stereocenters. The van der Waals surface area contributed by atoms with Crippen molar-refractivity contribution in [1.82, 2.24) is 10.6 Å². The van der Waals surface area contributed by atoms with Crippen molar-refractivity contribution >= 4 is 23.4 Å². The number of rotatable bonds is 7. The Labute approximate surface area is 170 Å². The first kappa shape index (κ1) is 20.2. The summed E-state index contributed by atoms with van der Waals surface area (Å²) in [5.41, 5.74) is 0.871. The van der Waals surface area contributed by atoms with Crippen LogP contribution in [0, 0.1) is 11.8 Å². The topological polar surface area (TPSA) is 67.4 Å².